The van der Waals surface area contributed by atoms with Crippen molar-refractivity contribution in [3.63, 3.8) is 0 Å². The second-order valence-electron chi connectivity index (χ2n) is 7.06. The molecule has 0 spiro atoms. The molecule has 25 heavy (non-hydrogen) atoms. The molecular weight excluding hydrogens is 323 g/mol. The van der Waals surface area contributed by atoms with E-state index in [2.05, 4.69) is 118 Å². The molecule has 0 aromatic heterocycles. The molecule has 3 aromatic carbocycles. The van der Waals surface area contributed by atoms with Crippen LogP contribution in [0.2, 0.25) is 0 Å². The molecule has 3 rings (SSSR count). The first kappa shape index (κ1) is 17.7. The van der Waals surface area contributed by atoms with Crippen molar-refractivity contribution in [3.05, 3.63) is 91.0 Å². The molecule has 0 saturated carbocycles. The van der Waals surface area contributed by atoms with Crippen molar-refractivity contribution in [2.75, 3.05) is 0 Å². The number of hydrogen-bond acceptors (Lipinski definition) is 1. The summed E-state index contributed by atoms with van der Waals surface area (Å²) in [5.74, 6) is 2.12. The number of rotatable bonds is 4. The third-order valence-electron chi connectivity index (χ3n) is 4.05. The van der Waals surface area contributed by atoms with Crippen LogP contribution in [0.5, 0.6) is 0 Å². The molecule has 0 aliphatic carbocycles. The van der Waals surface area contributed by atoms with Crippen molar-refractivity contribution in [2.45, 2.75) is 26.4 Å². The van der Waals surface area contributed by atoms with Crippen LogP contribution in [0.1, 0.15) is 20.8 Å². The Hall–Kier alpha value is -2.08. The van der Waals surface area contributed by atoms with E-state index in [-0.39, 0.29) is 5.60 Å². The molecule has 0 radical (unpaired) electrons. The summed E-state index contributed by atoms with van der Waals surface area (Å²) in [6, 6.07) is 32.2. The standard InChI is InChI=1S/C23H25OP/c1-23(2,3)24-19-25(20-13-7-4-8-14-20,21-15-9-5-10-16-21)22-17-11-6-12-18-22/h4-19H,1-3H3. The molecule has 0 unspecified atom stereocenters. The van der Waals surface area contributed by atoms with Gasteiger partial charge in [0.2, 0.25) is 0 Å². The molecule has 1 nitrogen and oxygen atoms in total. The molecule has 0 N–H and O–H groups in total. The predicted molar refractivity (Wildman–Crippen MR) is 112 cm³/mol. The van der Waals surface area contributed by atoms with Gasteiger partial charge in [0.1, 0.15) is 0 Å². The van der Waals surface area contributed by atoms with Gasteiger partial charge in [-0.15, -0.1) is 0 Å². The zero-order chi connectivity index (χ0) is 17.8. The third-order valence-corrected chi connectivity index (χ3v) is 7.81. The van der Waals surface area contributed by atoms with Gasteiger partial charge in [-0.2, -0.15) is 0 Å². The first-order valence-corrected chi connectivity index (χ1v) is 10.5. The average Bonchev–Trinajstić information content (AvgIpc) is 2.64. The number of ether oxygens (including phenoxy) is 1. The van der Waals surface area contributed by atoms with E-state index in [1.165, 1.54) is 15.9 Å². The molecule has 0 aliphatic heterocycles. The van der Waals surface area contributed by atoms with Crippen molar-refractivity contribution in [2.24, 2.45) is 0 Å². The fourth-order valence-corrected chi connectivity index (χ4v) is 6.52. The van der Waals surface area contributed by atoms with Crippen LogP contribution in [0.3, 0.4) is 0 Å². The van der Waals surface area contributed by atoms with Crippen LogP contribution in [0.15, 0.2) is 91.0 Å². The summed E-state index contributed by atoms with van der Waals surface area (Å²) in [4.78, 5) is 0. The van der Waals surface area contributed by atoms with E-state index in [0.29, 0.717) is 0 Å². The van der Waals surface area contributed by atoms with Gasteiger partial charge in [-0.05, 0) is 43.6 Å². The minimum atomic E-state index is -2.00. The summed E-state index contributed by atoms with van der Waals surface area (Å²) >= 11 is 0. The van der Waals surface area contributed by atoms with Crippen LogP contribution in [-0.2, 0) is 4.74 Å². The zero-order valence-corrected chi connectivity index (χ0v) is 16.0. The highest BCUT2D eigenvalue weighted by atomic mass is 31.2. The minimum absolute atomic E-state index is 0.233. The van der Waals surface area contributed by atoms with Crippen molar-refractivity contribution in [1.82, 2.24) is 0 Å². The van der Waals surface area contributed by atoms with Crippen LogP contribution in [0.4, 0.5) is 0 Å². The number of hydrogen-bond donors (Lipinski definition) is 0. The van der Waals surface area contributed by atoms with Crippen molar-refractivity contribution in [3.8, 4) is 0 Å². The predicted octanol–water partition coefficient (Wildman–Crippen LogP) is 4.56. The zero-order valence-electron chi connectivity index (χ0n) is 15.1. The van der Waals surface area contributed by atoms with Gasteiger partial charge < -0.3 is 4.74 Å². The van der Waals surface area contributed by atoms with Gasteiger partial charge in [0, 0.05) is 5.98 Å². The minimum Gasteiger partial charge on any atom is -0.347 e. The van der Waals surface area contributed by atoms with Crippen LogP contribution in [0.25, 0.3) is 0 Å². The fraction of sp³-hybridized carbons (Fsp3) is 0.174. The van der Waals surface area contributed by atoms with E-state index in [4.69, 9.17) is 4.74 Å². The van der Waals surface area contributed by atoms with Crippen LogP contribution < -0.4 is 15.9 Å². The number of benzene rings is 3. The van der Waals surface area contributed by atoms with Crippen molar-refractivity contribution < 1.29 is 4.74 Å². The summed E-state index contributed by atoms with van der Waals surface area (Å²) in [6.45, 7) is 4.29. The third kappa shape index (κ3) is 3.95. The average molecular weight is 348 g/mol. The maximum Gasteiger partial charge on any atom is 0.0657 e. The van der Waals surface area contributed by atoms with Crippen LogP contribution in [0, 0.1) is 0 Å². The summed E-state index contributed by atoms with van der Waals surface area (Å²) in [7, 11) is 0. The van der Waals surface area contributed by atoms with E-state index < -0.39 is 6.89 Å². The van der Waals surface area contributed by atoms with Gasteiger partial charge >= 0.3 is 0 Å². The fourth-order valence-electron chi connectivity index (χ4n) is 2.86. The summed E-state index contributed by atoms with van der Waals surface area (Å²) in [5.41, 5.74) is -0.233. The molecular formula is C23H25OP. The first-order valence-electron chi connectivity index (χ1n) is 8.60. The Bertz CT molecular complexity index is 743. The maximum absolute atomic E-state index is 6.28. The summed E-state index contributed by atoms with van der Waals surface area (Å²) < 4.78 is 6.28. The molecule has 3 aromatic rings. The quantitative estimate of drug-likeness (QED) is 0.628. The molecule has 0 saturated heterocycles. The summed E-state index contributed by atoms with van der Waals surface area (Å²) in [6.07, 6.45) is 0. The molecule has 0 amide bonds. The molecule has 0 bridgehead atoms. The Morgan fingerprint density at radius 3 is 1.20 bits per heavy atom. The second kappa shape index (κ2) is 7.44. The lowest BCUT2D eigenvalue weighted by Gasteiger charge is -2.30. The Kier molecular flexibility index (Phi) is 5.27. The lowest BCUT2D eigenvalue weighted by molar-refractivity contribution is 0.130. The Morgan fingerprint density at radius 2 is 0.920 bits per heavy atom. The van der Waals surface area contributed by atoms with E-state index in [9.17, 15) is 0 Å². The maximum atomic E-state index is 6.28. The van der Waals surface area contributed by atoms with Gasteiger partial charge in [0.25, 0.3) is 0 Å². The Labute approximate surface area is 151 Å². The molecule has 128 valence electrons. The van der Waals surface area contributed by atoms with Gasteiger partial charge in [-0.3, -0.25) is 0 Å². The van der Waals surface area contributed by atoms with E-state index in [1.807, 2.05) is 0 Å². The van der Waals surface area contributed by atoms with Gasteiger partial charge in [-0.25, -0.2) is 0 Å². The van der Waals surface area contributed by atoms with Gasteiger partial charge in [0.15, 0.2) is 0 Å². The molecule has 0 fully saturated rings. The second-order valence-corrected chi connectivity index (χ2v) is 10.3. The van der Waals surface area contributed by atoms with Crippen LogP contribution >= 0.6 is 6.89 Å². The monoisotopic (exact) mass is 348 g/mol. The van der Waals surface area contributed by atoms with E-state index in [1.54, 1.807) is 0 Å². The first-order chi connectivity index (χ1) is 12.0. The highest BCUT2D eigenvalue weighted by Gasteiger charge is 2.26. The molecule has 0 aliphatic rings. The smallest absolute Gasteiger partial charge is 0.0657 e. The molecule has 2 heteroatoms. The Morgan fingerprint density at radius 1 is 0.600 bits per heavy atom. The largest absolute Gasteiger partial charge is 0.347 e. The Balaban J connectivity index is 2.36. The highest BCUT2D eigenvalue weighted by Crippen LogP contribution is 2.44. The van der Waals surface area contributed by atoms with Crippen LogP contribution in [-0.4, -0.2) is 11.6 Å². The lowest BCUT2D eigenvalue weighted by Crippen LogP contribution is -2.29. The molecule has 0 heterocycles. The topological polar surface area (TPSA) is 9.23 Å². The van der Waals surface area contributed by atoms with Crippen molar-refractivity contribution >= 4 is 28.8 Å². The SMILES string of the molecule is CC(C)(C)OC=P(c1ccccc1)(c1ccccc1)c1ccccc1. The van der Waals surface area contributed by atoms with E-state index in [0.717, 1.165) is 0 Å². The van der Waals surface area contributed by atoms with Gasteiger partial charge in [-0.1, -0.05) is 91.0 Å². The van der Waals surface area contributed by atoms with E-state index >= 15 is 0 Å². The van der Waals surface area contributed by atoms with Gasteiger partial charge in [0.05, 0.1) is 5.60 Å². The highest BCUT2D eigenvalue weighted by molar-refractivity contribution is 7.94. The normalized spacial score (nSPS) is 12.0. The van der Waals surface area contributed by atoms with Crippen molar-refractivity contribution in [1.29, 1.82) is 0 Å². The molecule has 0 atom stereocenters. The lowest BCUT2D eigenvalue weighted by atomic mass is 10.2. The summed E-state index contributed by atoms with van der Waals surface area (Å²) in [5, 5.41) is 3.91.